The molecule has 1 aromatic carbocycles. The molecule has 0 saturated heterocycles. The Morgan fingerprint density at radius 3 is 2.07 bits per heavy atom. The van der Waals surface area contributed by atoms with E-state index in [-0.39, 0.29) is 0 Å². The van der Waals surface area contributed by atoms with Gasteiger partial charge in [-0.05, 0) is 56.6 Å². The Morgan fingerprint density at radius 1 is 1.14 bits per heavy atom. The van der Waals surface area contributed by atoms with Gasteiger partial charge in [-0.15, -0.1) is 0 Å². The minimum absolute atomic E-state index is 0.756. The molecule has 78 valence electrons. The van der Waals surface area contributed by atoms with Crippen LogP contribution in [0.3, 0.4) is 0 Å². The lowest BCUT2D eigenvalue weighted by Crippen LogP contribution is -2.12. The molecule has 14 heavy (non-hydrogen) atoms. The van der Waals surface area contributed by atoms with Gasteiger partial charge in [-0.3, -0.25) is 0 Å². The number of hydrogen-bond donors (Lipinski definition) is 1. The lowest BCUT2D eigenvalue weighted by Gasteiger charge is -2.12. The summed E-state index contributed by atoms with van der Waals surface area (Å²) in [5, 5.41) is 4.64. The van der Waals surface area contributed by atoms with Crippen LogP contribution in [0.4, 0.5) is 0 Å². The summed E-state index contributed by atoms with van der Waals surface area (Å²) in [6.45, 7) is 5.02. The molecule has 0 heterocycles. The fourth-order valence-electron chi connectivity index (χ4n) is 1.52. The molecule has 0 aliphatic heterocycles. The number of benzene rings is 1. The van der Waals surface area contributed by atoms with Gasteiger partial charge < -0.3 is 5.32 Å². The van der Waals surface area contributed by atoms with Crippen LogP contribution in [0.1, 0.15) is 16.7 Å². The second-order valence-electron chi connectivity index (χ2n) is 3.42. The molecule has 0 aromatic heterocycles. The topological polar surface area (TPSA) is 12.0 Å². The minimum atomic E-state index is 0.756. The summed E-state index contributed by atoms with van der Waals surface area (Å²) in [6.07, 6.45) is 0.967. The maximum absolute atomic E-state index is 6.07. The van der Waals surface area contributed by atoms with E-state index in [0.29, 0.717) is 0 Å². The molecular formula is C11H15Cl2N. The molecule has 3 heteroatoms. The average Bonchev–Trinajstić information content (AvgIpc) is 2.15. The van der Waals surface area contributed by atoms with E-state index in [4.69, 9.17) is 23.2 Å². The van der Waals surface area contributed by atoms with Crippen LogP contribution < -0.4 is 5.32 Å². The molecule has 0 atom stereocenters. The molecule has 0 radical (unpaired) electrons. The van der Waals surface area contributed by atoms with Crippen LogP contribution >= 0.6 is 23.2 Å². The van der Waals surface area contributed by atoms with Crippen molar-refractivity contribution in [1.82, 2.24) is 5.32 Å². The van der Waals surface area contributed by atoms with Crippen LogP contribution in [-0.4, -0.2) is 13.6 Å². The third-order valence-corrected chi connectivity index (χ3v) is 3.29. The lowest BCUT2D eigenvalue weighted by molar-refractivity contribution is 0.785. The summed E-state index contributed by atoms with van der Waals surface area (Å²) in [7, 11) is 1.94. The van der Waals surface area contributed by atoms with Gasteiger partial charge in [-0.1, -0.05) is 23.2 Å². The fraction of sp³-hybridized carbons (Fsp3) is 0.455. The summed E-state index contributed by atoms with van der Waals surface area (Å²) >= 11 is 12.1. The molecule has 0 aliphatic rings. The van der Waals surface area contributed by atoms with Gasteiger partial charge in [0.1, 0.15) is 0 Å². The Labute approximate surface area is 95.4 Å². The summed E-state index contributed by atoms with van der Waals surface area (Å²) in [5.41, 5.74) is 3.55. The van der Waals surface area contributed by atoms with Gasteiger partial charge in [0.15, 0.2) is 0 Å². The average molecular weight is 232 g/mol. The number of hydrogen-bond acceptors (Lipinski definition) is 1. The fourth-order valence-corrected chi connectivity index (χ4v) is 2.02. The summed E-state index contributed by atoms with van der Waals surface area (Å²) < 4.78 is 0. The highest BCUT2D eigenvalue weighted by molar-refractivity contribution is 6.35. The lowest BCUT2D eigenvalue weighted by atomic mass is 10.00. The van der Waals surface area contributed by atoms with Gasteiger partial charge in [0.2, 0.25) is 0 Å². The van der Waals surface area contributed by atoms with Crippen molar-refractivity contribution in [3.63, 3.8) is 0 Å². The van der Waals surface area contributed by atoms with E-state index in [1.54, 1.807) is 0 Å². The monoisotopic (exact) mass is 231 g/mol. The maximum Gasteiger partial charge on any atom is 0.0452 e. The zero-order valence-electron chi connectivity index (χ0n) is 8.75. The smallest absolute Gasteiger partial charge is 0.0452 e. The van der Waals surface area contributed by atoms with Crippen LogP contribution in [0.5, 0.6) is 0 Å². The molecule has 0 amide bonds. The van der Waals surface area contributed by atoms with Gasteiger partial charge in [0.25, 0.3) is 0 Å². The van der Waals surface area contributed by atoms with Gasteiger partial charge in [-0.25, -0.2) is 0 Å². The molecule has 1 aromatic rings. The van der Waals surface area contributed by atoms with Crippen LogP contribution in [-0.2, 0) is 6.42 Å². The highest BCUT2D eigenvalue weighted by Gasteiger charge is 2.09. The Bertz CT molecular complexity index is 308. The first kappa shape index (κ1) is 11.8. The third kappa shape index (κ3) is 2.41. The van der Waals surface area contributed by atoms with Gasteiger partial charge in [0, 0.05) is 10.0 Å². The van der Waals surface area contributed by atoms with Gasteiger partial charge in [0.05, 0.1) is 0 Å². The van der Waals surface area contributed by atoms with Crippen molar-refractivity contribution >= 4 is 23.2 Å². The van der Waals surface area contributed by atoms with Crippen molar-refractivity contribution in [2.75, 3.05) is 13.6 Å². The molecule has 1 rings (SSSR count). The van der Waals surface area contributed by atoms with E-state index in [2.05, 4.69) is 5.32 Å². The number of nitrogens with one attached hydrogen (secondary N) is 1. The molecule has 0 aliphatic carbocycles. The SMILES string of the molecule is CNCCc1c(C)c(Cl)cc(Cl)c1C. The van der Waals surface area contributed by atoms with E-state index >= 15 is 0 Å². The Hall–Kier alpha value is -0.240. The second kappa shape index (κ2) is 5.01. The Morgan fingerprint density at radius 2 is 1.64 bits per heavy atom. The van der Waals surface area contributed by atoms with Crippen LogP contribution in [0.15, 0.2) is 6.07 Å². The van der Waals surface area contributed by atoms with E-state index in [1.807, 2.05) is 27.0 Å². The first-order chi connectivity index (χ1) is 6.57. The molecule has 0 bridgehead atoms. The number of likely N-dealkylation sites (N-methyl/N-ethyl adjacent to an activating group) is 1. The standard InChI is InChI=1S/C11H15Cl2N/c1-7-9(4-5-14-3)8(2)11(13)6-10(7)12/h6,14H,4-5H2,1-3H3. The molecule has 1 nitrogen and oxygen atoms in total. The quantitative estimate of drug-likeness (QED) is 0.842. The Kier molecular flexibility index (Phi) is 4.24. The predicted octanol–water partition coefficient (Wildman–Crippen LogP) is 3.37. The molecular weight excluding hydrogens is 217 g/mol. The van der Waals surface area contributed by atoms with E-state index in [1.165, 1.54) is 5.56 Å². The van der Waals surface area contributed by atoms with Crippen molar-refractivity contribution < 1.29 is 0 Å². The Balaban J connectivity index is 3.11. The van der Waals surface area contributed by atoms with Crippen LogP contribution in [0.25, 0.3) is 0 Å². The van der Waals surface area contributed by atoms with Crippen molar-refractivity contribution in [3.05, 3.63) is 32.8 Å². The summed E-state index contributed by atoms with van der Waals surface area (Å²) in [5.74, 6) is 0. The molecule has 1 N–H and O–H groups in total. The van der Waals surface area contributed by atoms with Gasteiger partial charge >= 0.3 is 0 Å². The van der Waals surface area contributed by atoms with Crippen molar-refractivity contribution in [1.29, 1.82) is 0 Å². The van der Waals surface area contributed by atoms with Crippen LogP contribution in [0.2, 0.25) is 10.0 Å². The summed E-state index contributed by atoms with van der Waals surface area (Å²) in [4.78, 5) is 0. The minimum Gasteiger partial charge on any atom is -0.319 e. The number of rotatable bonds is 3. The maximum atomic E-state index is 6.07. The normalized spacial score (nSPS) is 10.6. The molecule has 0 spiro atoms. The largest absolute Gasteiger partial charge is 0.319 e. The van der Waals surface area contributed by atoms with E-state index in [9.17, 15) is 0 Å². The molecule has 0 saturated carbocycles. The molecule has 0 fully saturated rings. The highest BCUT2D eigenvalue weighted by atomic mass is 35.5. The van der Waals surface area contributed by atoms with Gasteiger partial charge in [-0.2, -0.15) is 0 Å². The van der Waals surface area contributed by atoms with E-state index < -0.39 is 0 Å². The van der Waals surface area contributed by atoms with E-state index in [0.717, 1.165) is 34.1 Å². The number of halogens is 2. The molecule has 0 unspecified atom stereocenters. The van der Waals surface area contributed by atoms with Crippen molar-refractivity contribution in [2.24, 2.45) is 0 Å². The second-order valence-corrected chi connectivity index (χ2v) is 4.24. The van der Waals surface area contributed by atoms with Crippen molar-refractivity contribution in [3.8, 4) is 0 Å². The third-order valence-electron chi connectivity index (χ3n) is 2.50. The predicted molar refractivity (Wildman–Crippen MR) is 63.6 cm³/mol. The first-order valence-corrected chi connectivity index (χ1v) is 5.42. The first-order valence-electron chi connectivity index (χ1n) is 4.66. The zero-order valence-corrected chi connectivity index (χ0v) is 10.3. The summed E-state index contributed by atoms with van der Waals surface area (Å²) in [6, 6.07) is 1.82. The van der Waals surface area contributed by atoms with Crippen molar-refractivity contribution in [2.45, 2.75) is 20.3 Å². The highest BCUT2D eigenvalue weighted by Crippen LogP contribution is 2.29. The van der Waals surface area contributed by atoms with Crippen LogP contribution in [0, 0.1) is 13.8 Å². The zero-order chi connectivity index (χ0) is 10.7.